The van der Waals surface area contributed by atoms with Crippen LogP contribution in [0.25, 0.3) is 22.4 Å². The van der Waals surface area contributed by atoms with Crippen LogP contribution in [-0.4, -0.2) is 4.98 Å². The van der Waals surface area contributed by atoms with E-state index in [9.17, 15) is 0 Å². The zero-order valence-corrected chi connectivity index (χ0v) is 15.4. The van der Waals surface area contributed by atoms with Crippen molar-refractivity contribution in [2.24, 2.45) is 0 Å². The van der Waals surface area contributed by atoms with E-state index >= 15 is 0 Å². The number of pyridine rings is 1. The maximum atomic E-state index is 7.59. The van der Waals surface area contributed by atoms with E-state index in [-0.39, 0.29) is 20.1 Å². The molecule has 23 heavy (non-hydrogen) atoms. The fourth-order valence-corrected chi connectivity index (χ4v) is 3.28. The molecule has 0 bridgehead atoms. The average molecular weight is 480 g/mol. The van der Waals surface area contributed by atoms with Crippen LogP contribution in [0, 0.1) is 19.8 Å². The van der Waals surface area contributed by atoms with Crippen molar-refractivity contribution in [1.29, 1.82) is 0 Å². The average Bonchev–Trinajstić information content (AvgIpc) is 2.86. The third kappa shape index (κ3) is 2.67. The molecule has 1 unspecified atom stereocenters. The number of aromatic nitrogens is 1. The molecular formula is C21H18IrN-. The fourth-order valence-electron chi connectivity index (χ4n) is 3.28. The first-order chi connectivity index (χ1) is 11.8. The van der Waals surface area contributed by atoms with Crippen LogP contribution in [0.2, 0.25) is 0 Å². The smallest absolute Gasteiger partial charge is 0.0279 e. The van der Waals surface area contributed by atoms with Gasteiger partial charge in [0.2, 0.25) is 0 Å². The molecule has 0 spiro atoms. The van der Waals surface area contributed by atoms with E-state index in [1.807, 2.05) is 6.07 Å². The normalized spacial score (nSPS) is 17.3. The number of aryl methyl sites for hydroxylation is 2. The molecular weight excluding hydrogens is 458 g/mol. The molecule has 0 N–H and O–H groups in total. The fraction of sp³-hybridized carbons (Fsp3) is 0.190. The summed E-state index contributed by atoms with van der Waals surface area (Å²) in [5.74, 6) is 0.309. The van der Waals surface area contributed by atoms with Gasteiger partial charge in [-0.1, -0.05) is 53.4 Å². The molecule has 1 aliphatic carbocycles. The number of benzene rings is 2. The van der Waals surface area contributed by atoms with Gasteiger partial charge in [0.25, 0.3) is 0 Å². The Morgan fingerprint density at radius 3 is 2.70 bits per heavy atom. The molecule has 1 nitrogen and oxygen atoms in total. The van der Waals surface area contributed by atoms with Crippen molar-refractivity contribution in [3.63, 3.8) is 0 Å². The summed E-state index contributed by atoms with van der Waals surface area (Å²) in [5, 5.41) is 0. The summed E-state index contributed by atoms with van der Waals surface area (Å²) in [5.41, 5.74) is 8.10. The maximum absolute atomic E-state index is 7.59. The van der Waals surface area contributed by atoms with Gasteiger partial charge in [0.1, 0.15) is 0 Å². The van der Waals surface area contributed by atoms with Gasteiger partial charge in [-0.15, -0.1) is 29.3 Å². The number of fused-ring (bicyclic) bond motifs is 3. The Morgan fingerprint density at radius 1 is 1.04 bits per heavy atom. The number of rotatable bonds is 1. The molecule has 1 radical (unpaired) electrons. The zero-order chi connectivity index (χ0) is 17.8. The van der Waals surface area contributed by atoms with Crippen molar-refractivity contribution in [3.8, 4) is 22.4 Å². The summed E-state index contributed by atoms with van der Waals surface area (Å²) in [6, 6.07) is 17.1. The quantitative estimate of drug-likeness (QED) is 0.432. The molecule has 1 aliphatic rings. The van der Waals surface area contributed by atoms with E-state index < -0.39 is 6.85 Å². The third-order valence-electron chi connectivity index (χ3n) is 4.45. The minimum Gasteiger partial charge on any atom is -0.305 e. The summed E-state index contributed by atoms with van der Waals surface area (Å²) in [4.78, 5) is 4.36. The molecule has 1 aromatic heterocycles. The van der Waals surface area contributed by atoms with Gasteiger partial charge in [0.05, 0.1) is 0 Å². The molecule has 0 aliphatic heterocycles. The molecule has 0 fully saturated rings. The maximum Gasteiger partial charge on any atom is 0.0279 e. The molecule has 4 rings (SSSR count). The first-order valence-corrected chi connectivity index (χ1v) is 7.48. The summed E-state index contributed by atoms with van der Waals surface area (Å²) < 4.78 is 22.8. The standard InChI is InChI=1S/C21H18N.Ir/c1-13-4-6-17-18-7-5-16(21-11-14(2)8-9-22-21)12-20(18)15(3)19(17)10-13;/h4,6-12,15H,1-3H3;/q-1;/i2D3;. The van der Waals surface area contributed by atoms with Crippen LogP contribution in [0.4, 0.5) is 0 Å². The number of nitrogens with zero attached hydrogens (tertiary/aromatic N) is 1. The van der Waals surface area contributed by atoms with Crippen LogP contribution < -0.4 is 0 Å². The first kappa shape index (κ1) is 12.6. The van der Waals surface area contributed by atoms with Crippen molar-refractivity contribution in [2.45, 2.75) is 26.6 Å². The van der Waals surface area contributed by atoms with Crippen LogP contribution in [0.15, 0.2) is 48.7 Å². The van der Waals surface area contributed by atoms with Crippen LogP contribution in [0.3, 0.4) is 0 Å². The minimum atomic E-state index is -2.13. The Morgan fingerprint density at radius 2 is 1.87 bits per heavy atom. The molecule has 2 heteroatoms. The largest absolute Gasteiger partial charge is 0.305 e. The van der Waals surface area contributed by atoms with Gasteiger partial charge >= 0.3 is 0 Å². The predicted molar refractivity (Wildman–Crippen MR) is 90.9 cm³/mol. The Hall–Kier alpha value is -1.76. The Bertz CT molecular complexity index is 979. The van der Waals surface area contributed by atoms with Crippen molar-refractivity contribution in [3.05, 3.63) is 77.0 Å². The van der Waals surface area contributed by atoms with Crippen LogP contribution in [-0.2, 0) is 20.1 Å². The van der Waals surface area contributed by atoms with Crippen LogP contribution in [0.5, 0.6) is 0 Å². The van der Waals surface area contributed by atoms with Gasteiger partial charge in [0.15, 0.2) is 0 Å². The predicted octanol–water partition coefficient (Wildman–Crippen LogP) is 5.30. The molecule has 3 aromatic rings. The van der Waals surface area contributed by atoms with Crippen molar-refractivity contribution in [2.75, 3.05) is 0 Å². The molecule has 117 valence electrons. The minimum absolute atomic E-state index is 0. The van der Waals surface area contributed by atoms with Crippen molar-refractivity contribution < 1.29 is 24.2 Å². The Balaban J connectivity index is 0.00000196. The number of hydrogen-bond acceptors (Lipinski definition) is 1. The molecule has 2 aromatic carbocycles. The monoisotopic (exact) mass is 480 g/mol. The molecule has 1 heterocycles. The summed E-state index contributed by atoms with van der Waals surface area (Å²) in [6.45, 7) is 2.19. The van der Waals surface area contributed by atoms with Gasteiger partial charge in [-0.25, -0.2) is 0 Å². The van der Waals surface area contributed by atoms with E-state index in [1.165, 1.54) is 27.8 Å². The van der Waals surface area contributed by atoms with Crippen LogP contribution >= 0.6 is 0 Å². The van der Waals surface area contributed by atoms with E-state index in [0.29, 0.717) is 17.2 Å². The summed E-state index contributed by atoms with van der Waals surface area (Å²) in [6.07, 6.45) is 1.56. The van der Waals surface area contributed by atoms with Gasteiger partial charge < -0.3 is 4.98 Å². The van der Waals surface area contributed by atoms with E-state index in [4.69, 9.17) is 4.11 Å². The molecule has 0 saturated heterocycles. The summed E-state index contributed by atoms with van der Waals surface area (Å²) >= 11 is 0. The second kappa shape index (κ2) is 6.03. The zero-order valence-electron chi connectivity index (χ0n) is 16.0. The summed E-state index contributed by atoms with van der Waals surface area (Å²) in [7, 11) is 0. The van der Waals surface area contributed by atoms with E-state index in [1.54, 1.807) is 18.3 Å². The second-order valence-electron chi connectivity index (χ2n) is 5.96. The third-order valence-corrected chi connectivity index (χ3v) is 4.45. The van der Waals surface area contributed by atoms with Gasteiger partial charge in [-0.05, 0) is 37.0 Å². The van der Waals surface area contributed by atoms with Gasteiger partial charge in [-0.3, -0.25) is 0 Å². The van der Waals surface area contributed by atoms with Gasteiger partial charge in [-0.2, -0.15) is 0 Å². The van der Waals surface area contributed by atoms with Crippen LogP contribution in [0.1, 0.15) is 39.2 Å². The van der Waals surface area contributed by atoms with Crippen molar-refractivity contribution in [1.82, 2.24) is 4.98 Å². The van der Waals surface area contributed by atoms with Gasteiger partial charge in [0, 0.05) is 30.4 Å². The Labute approximate surface area is 155 Å². The van der Waals surface area contributed by atoms with E-state index in [0.717, 1.165) is 5.56 Å². The molecule has 0 amide bonds. The topological polar surface area (TPSA) is 12.9 Å². The SMILES string of the molecule is [2H]C([2H])([2H])c1ccnc(-c2[c-]cc3c(c2)C(C)c2cc(C)ccc2-3)c1.[Ir]. The van der Waals surface area contributed by atoms with Crippen molar-refractivity contribution >= 4 is 0 Å². The molecule has 1 atom stereocenters. The van der Waals surface area contributed by atoms with E-state index in [2.05, 4.69) is 49.2 Å². The second-order valence-corrected chi connectivity index (χ2v) is 5.96. The Kier molecular flexibility index (Phi) is 3.31. The number of hydrogen-bond donors (Lipinski definition) is 0. The first-order valence-electron chi connectivity index (χ1n) is 8.98. The molecule has 0 saturated carbocycles.